The average molecular weight is 297 g/mol. The number of methoxy groups -OCH3 is 1. The molecule has 0 aliphatic carbocycles. The van der Waals surface area contributed by atoms with Gasteiger partial charge in [0.05, 0.1) is 7.11 Å². The standard InChI is InChI=1S/C20H27NO/c1-14-6-7-17(12-15(14)2)19(10-11-21-4)18-8-9-20(22-5)16(3)13-18/h6-9,12-13,19,21H,10-11H2,1-5H3. The molecule has 0 radical (unpaired) electrons. The van der Waals surface area contributed by atoms with Crippen molar-refractivity contribution < 1.29 is 4.74 Å². The topological polar surface area (TPSA) is 21.3 Å². The number of benzene rings is 2. The highest BCUT2D eigenvalue weighted by Gasteiger charge is 2.15. The van der Waals surface area contributed by atoms with Gasteiger partial charge in [0, 0.05) is 5.92 Å². The molecule has 0 bridgehead atoms. The molecule has 0 saturated heterocycles. The first kappa shape index (κ1) is 16.6. The lowest BCUT2D eigenvalue weighted by Crippen LogP contribution is -2.13. The monoisotopic (exact) mass is 297 g/mol. The summed E-state index contributed by atoms with van der Waals surface area (Å²) in [5.74, 6) is 1.37. The van der Waals surface area contributed by atoms with Gasteiger partial charge in [-0.25, -0.2) is 0 Å². The smallest absolute Gasteiger partial charge is 0.121 e. The lowest BCUT2D eigenvalue weighted by Gasteiger charge is -2.20. The summed E-state index contributed by atoms with van der Waals surface area (Å²) in [7, 11) is 3.74. The van der Waals surface area contributed by atoms with Gasteiger partial charge in [-0.3, -0.25) is 0 Å². The molecule has 0 spiro atoms. The molecule has 1 unspecified atom stereocenters. The van der Waals surface area contributed by atoms with Crippen LogP contribution >= 0.6 is 0 Å². The zero-order chi connectivity index (χ0) is 16.1. The zero-order valence-corrected chi connectivity index (χ0v) is 14.4. The van der Waals surface area contributed by atoms with E-state index in [2.05, 4.69) is 62.5 Å². The molecule has 2 nitrogen and oxygen atoms in total. The van der Waals surface area contributed by atoms with Crippen LogP contribution in [0.3, 0.4) is 0 Å². The molecular formula is C20H27NO. The second-order valence-corrected chi connectivity index (χ2v) is 6.02. The molecule has 2 heteroatoms. The van der Waals surface area contributed by atoms with Crippen LogP contribution in [0.4, 0.5) is 0 Å². The Bertz CT molecular complexity index is 634. The highest BCUT2D eigenvalue weighted by Crippen LogP contribution is 2.31. The molecule has 0 heterocycles. The molecule has 0 fully saturated rings. The van der Waals surface area contributed by atoms with Crippen LogP contribution in [0, 0.1) is 20.8 Å². The number of aryl methyl sites for hydroxylation is 3. The first-order chi connectivity index (χ1) is 10.6. The molecule has 118 valence electrons. The Morgan fingerprint density at radius 1 is 0.909 bits per heavy atom. The van der Waals surface area contributed by atoms with Crippen LogP contribution < -0.4 is 10.1 Å². The molecule has 1 atom stereocenters. The van der Waals surface area contributed by atoms with E-state index in [0.29, 0.717) is 5.92 Å². The second kappa shape index (κ2) is 7.46. The molecule has 2 aromatic carbocycles. The highest BCUT2D eigenvalue weighted by atomic mass is 16.5. The molecule has 2 aromatic rings. The van der Waals surface area contributed by atoms with E-state index in [9.17, 15) is 0 Å². The summed E-state index contributed by atoms with van der Waals surface area (Å²) in [6.07, 6.45) is 1.09. The van der Waals surface area contributed by atoms with Crippen LogP contribution in [0.2, 0.25) is 0 Å². The fourth-order valence-electron chi connectivity index (χ4n) is 2.91. The van der Waals surface area contributed by atoms with Crippen molar-refractivity contribution in [3.8, 4) is 5.75 Å². The fraction of sp³-hybridized carbons (Fsp3) is 0.400. The Morgan fingerprint density at radius 2 is 1.55 bits per heavy atom. The third kappa shape index (κ3) is 3.69. The number of hydrogen-bond acceptors (Lipinski definition) is 2. The third-order valence-corrected chi connectivity index (χ3v) is 4.44. The van der Waals surface area contributed by atoms with E-state index in [4.69, 9.17) is 4.74 Å². The van der Waals surface area contributed by atoms with Gasteiger partial charge in [0.1, 0.15) is 5.75 Å². The van der Waals surface area contributed by atoms with E-state index in [1.165, 1.54) is 27.8 Å². The van der Waals surface area contributed by atoms with E-state index >= 15 is 0 Å². The Morgan fingerprint density at radius 3 is 2.09 bits per heavy atom. The Labute approximate surface area is 134 Å². The fourth-order valence-corrected chi connectivity index (χ4v) is 2.91. The van der Waals surface area contributed by atoms with Crippen LogP contribution in [-0.4, -0.2) is 20.7 Å². The summed E-state index contributed by atoms with van der Waals surface area (Å²) in [5.41, 5.74) is 6.65. The molecule has 0 amide bonds. The minimum Gasteiger partial charge on any atom is -0.496 e. The average Bonchev–Trinajstić information content (AvgIpc) is 2.51. The van der Waals surface area contributed by atoms with Gasteiger partial charge >= 0.3 is 0 Å². The minimum absolute atomic E-state index is 0.413. The molecule has 0 saturated carbocycles. The lowest BCUT2D eigenvalue weighted by atomic mass is 9.86. The van der Waals surface area contributed by atoms with Crippen molar-refractivity contribution in [2.75, 3.05) is 20.7 Å². The number of nitrogens with one attached hydrogen (secondary N) is 1. The number of ether oxygens (including phenoxy) is 1. The van der Waals surface area contributed by atoms with Crippen LogP contribution in [0.1, 0.15) is 40.2 Å². The minimum atomic E-state index is 0.413. The van der Waals surface area contributed by atoms with Crippen LogP contribution in [0.25, 0.3) is 0 Å². The van der Waals surface area contributed by atoms with Crippen molar-refractivity contribution in [1.82, 2.24) is 5.32 Å². The van der Waals surface area contributed by atoms with Crippen molar-refractivity contribution in [3.63, 3.8) is 0 Å². The molecule has 2 rings (SSSR count). The first-order valence-electron chi connectivity index (χ1n) is 7.93. The van der Waals surface area contributed by atoms with E-state index in [1.54, 1.807) is 7.11 Å². The largest absolute Gasteiger partial charge is 0.496 e. The maximum absolute atomic E-state index is 5.39. The molecule has 0 aliphatic heterocycles. The van der Waals surface area contributed by atoms with Crippen LogP contribution in [-0.2, 0) is 0 Å². The summed E-state index contributed by atoms with van der Waals surface area (Å²) >= 11 is 0. The van der Waals surface area contributed by atoms with Gasteiger partial charge < -0.3 is 10.1 Å². The van der Waals surface area contributed by atoms with Gasteiger partial charge in [-0.1, -0.05) is 30.3 Å². The van der Waals surface area contributed by atoms with Crippen molar-refractivity contribution in [1.29, 1.82) is 0 Å². The Hall–Kier alpha value is -1.80. The summed E-state index contributed by atoms with van der Waals surface area (Å²) in [6, 6.07) is 13.4. The lowest BCUT2D eigenvalue weighted by molar-refractivity contribution is 0.411. The van der Waals surface area contributed by atoms with E-state index < -0.39 is 0 Å². The summed E-state index contributed by atoms with van der Waals surface area (Å²) in [6.45, 7) is 7.47. The van der Waals surface area contributed by atoms with Gasteiger partial charge in [0.25, 0.3) is 0 Å². The molecule has 22 heavy (non-hydrogen) atoms. The SMILES string of the molecule is CNCCC(c1ccc(C)c(C)c1)c1ccc(OC)c(C)c1. The van der Waals surface area contributed by atoms with E-state index in [-0.39, 0.29) is 0 Å². The van der Waals surface area contributed by atoms with Crippen molar-refractivity contribution in [2.24, 2.45) is 0 Å². The number of hydrogen-bond donors (Lipinski definition) is 1. The van der Waals surface area contributed by atoms with Gasteiger partial charge in [-0.2, -0.15) is 0 Å². The first-order valence-corrected chi connectivity index (χ1v) is 7.93. The van der Waals surface area contributed by atoms with Crippen molar-refractivity contribution in [3.05, 3.63) is 64.2 Å². The van der Waals surface area contributed by atoms with Crippen LogP contribution in [0.15, 0.2) is 36.4 Å². The maximum atomic E-state index is 5.39. The third-order valence-electron chi connectivity index (χ3n) is 4.44. The predicted molar refractivity (Wildman–Crippen MR) is 94.0 cm³/mol. The molecule has 1 N–H and O–H groups in total. The summed E-state index contributed by atoms with van der Waals surface area (Å²) in [4.78, 5) is 0. The molecule has 0 aromatic heterocycles. The van der Waals surface area contributed by atoms with Crippen molar-refractivity contribution in [2.45, 2.75) is 33.1 Å². The summed E-state index contributed by atoms with van der Waals surface area (Å²) < 4.78 is 5.39. The summed E-state index contributed by atoms with van der Waals surface area (Å²) in [5, 5.41) is 3.28. The van der Waals surface area contributed by atoms with Crippen LogP contribution in [0.5, 0.6) is 5.75 Å². The molecular weight excluding hydrogens is 270 g/mol. The highest BCUT2D eigenvalue weighted by molar-refractivity contribution is 5.42. The normalized spacial score (nSPS) is 12.2. The van der Waals surface area contributed by atoms with Gasteiger partial charge in [-0.05, 0) is 74.7 Å². The number of rotatable bonds is 6. The Balaban J connectivity index is 2.40. The molecule has 0 aliphatic rings. The second-order valence-electron chi connectivity index (χ2n) is 6.02. The quantitative estimate of drug-likeness (QED) is 0.855. The van der Waals surface area contributed by atoms with Crippen molar-refractivity contribution >= 4 is 0 Å². The van der Waals surface area contributed by atoms with Gasteiger partial charge in [0.15, 0.2) is 0 Å². The van der Waals surface area contributed by atoms with Gasteiger partial charge in [-0.15, -0.1) is 0 Å². The van der Waals surface area contributed by atoms with E-state index in [0.717, 1.165) is 18.7 Å². The van der Waals surface area contributed by atoms with E-state index in [1.807, 2.05) is 7.05 Å². The van der Waals surface area contributed by atoms with Gasteiger partial charge in [0.2, 0.25) is 0 Å². The maximum Gasteiger partial charge on any atom is 0.121 e. The Kier molecular flexibility index (Phi) is 5.62. The zero-order valence-electron chi connectivity index (χ0n) is 14.4. The predicted octanol–water partition coefficient (Wildman–Crippen LogP) is 4.36.